The molecule has 16 heavy (non-hydrogen) atoms. The highest BCUT2D eigenvalue weighted by Gasteiger charge is 2.07. The van der Waals surface area contributed by atoms with Crippen LogP contribution in [0.15, 0.2) is 6.07 Å². The van der Waals surface area contributed by atoms with Gasteiger partial charge in [-0.05, 0) is 62.6 Å². The van der Waals surface area contributed by atoms with Gasteiger partial charge in [-0.2, -0.15) is 0 Å². The second-order valence-electron chi connectivity index (χ2n) is 4.52. The van der Waals surface area contributed by atoms with Crippen LogP contribution < -0.4 is 10.6 Å². The van der Waals surface area contributed by atoms with Gasteiger partial charge in [0.1, 0.15) is 0 Å². The number of hydrogen-bond donors (Lipinski definition) is 2. The number of rotatable bonds is 5. The normalized spacial score (nSPS) is 10.8. The van der Waals surface area contributed by atoms with Gasteiger partial charge in [0.05, 0.1) is 0 Å². The van der Waals surface area contributed by atoms with Crippen LogP contribution in [0.2, 0.25) is 0 Å². The lowest BCUT2D eigenvalue weighted by Crippen LogP contribution is -2.25. The Hall–Kier alpha value is -0.860. The van der Waals surface area contributed by atoms with Crippen LogP contribution in [0.1, 0.15) is 27.8 Å². The Morgan fingerprint density at radius 2 is 1.50 bits per heavy atom. The Bertz CT molecular complexity index is 330. The van der Waals surface area contributed by atoms with E-state index >= 15 is 0 Å². The smallest absolute Gasteiger partial charge is 0.0211 e. The molecular formula is C14H24N2. The average molecular weight is 220 g/mol. The van der Waals surface area contributed by atoms with Crippen LogP contribution in [0.25, 0.3) is 0 Å². The van der Waals surface area contributed by atoms with Crippen molar-refractivity contribution in [1.82, 2.24) is 10.6 Å². The zero-order valence-electron chi connectivity index (χ0n) is 11.2. The van der Waals surface area contributed by atoms with Crippen molar-refractivity contribution in [3.05, 3.63) is 33.9 Å². The number of hydrogen-bond acceptors (Lipinski definition) is 2. The van der Waals surface area contributed by atoms with Crippen molar-refractivity contribution in [2.75, 3.05) is 20.1 Å². The van der Waals surface area contributed by atoms with Crippen LogP contribution in [-0.4, -0.2) is 20.1 Å². The molecule has 2 N–H and O–H groups in total. The van der Waals surface area contributed by atoms with Crippen LogP contribution in [-0.2, 0) is 6.54 Å². The Balaban J connectivity index is 2.78. The molecule has 0 radical (unpaired) electrons. The van der Waals surface area contributed by atoms with Gasteiger partial charge in [0.25, 0.3) is 0 Å². The third-order valence-electron chi connectivity index (χ3n) is 3.37. The molecule has 1 aromatic carbocycles. The maximum atomic E-state index is 3.48. The van der Waals surface area contributed by atoms with Gasteiger partial charge in [-0.3, -0.25) is 0 Å². The summed E-state index contributed by atoms with van der Waals surface area (Å²) in [5.41, 5.74) is 7.12. The van der Waals surface area contributed by atoms with Crippen molar-refractivity contribution in [2.24, 2.45) is 0 Å². The molecule has 0 spiro atoms. The van der Waals surface area contributed by atoms with E-state index in [9.17, 15) is 0 Å². The summed E-state index contributed by atoms with van der Waals surface area (Å²) in [6.45, 7) is 11.8. The van der Waals surface area contributed by atoms with Gasteiger partial charge >= 0.3 is 0 Å². The fourth-order valence-electron chi connectivity index (χ4n) is 1.99. The predicted octanol–water partition coefficient (Wildman–Crippen LogP) is 2.23. The van der Waals surface area contributed by atoms with E-state index in [4.69, 9.17) is 0 Å². The third kappa shape index (κ3) is 3.06. The van der Waals surface area contributed by atoms with Crippen molar-refractivity contribution < 1.29 is 0 Å². The summed E-state index contributed by atoms with van der Waals surface area (Å²) in [4.78, 5) is 0. The van der Waals surface area contributed by atoms with E-state index in [-0.39, 0.29) is 0 Å². The molecule has 0 atom stereocenters. The Morgan fingerprint density at radius 3 is 2.00 bits per heavy atom. The van der Waals surface area contributed by atoms with Gasteiger partial charge in [-0.1, -0.05) is 6.07 Å². The second kappa shape index (κ2) is 6.02. The van der Waals surface area contributed by atoms with E-state index in [1.165, 1.54) is 27.8 Å². The highest BCUT2D eigenvalue weighted by molar-refractivity contribution is 5.43. The minimum absolute atomic E-state index is 0.974. The topological polar surface area (TPSA) is 24.1 Å². The molecule has 0 bridgehead atoms. The van der Waals surface area contributed by atoms with E-state index in [2.05, 4.69) is 44.4 Å². The maximum absolute atomic E-state index is 3.48. The van der Waals surface area contributed by atoms with Gasteiger partial charge in [0.15, 0.2) is 0 Å². The lowest BCUT2D eigenvalue weighted by atomic mass is 9.94. The minimum Gasteiger partial charge on any atom is -0.318 e. The van der Waals surface area contributed by atoms with E-state index in [1.54, 1.807) is 0 Å². The van der Waals surface area contributed by atoms with Gasteiger partial charge in [0, 0.05) is 19.6 Å². The molecule has 0 aliphatic rings. The van der Waals surface area contributed by atoms with Crippen LogP contribution >= 0.6 is 0 Å². The number of benzene rings is 1. The van der Waals surface area contributed by atoms with Crippen LogP contribution in [0, 0.1) is 27.7 Å². The molecule has 0 saturated heterocycles. The Morgan fingerprint density at radius 1 is 0.938 bits per heavy atom. The summed E-state index contributed by atoms with van der Waals surface area (Å²) < 4.78 is 0. The second-order valence-corrected chi connectivity index (χ2v) is 4.52. The molecule has 0 fully saturated rings. The summed E-state index contributed by atoms with van der Waals surface area (Å²) in [6, 6.07) is 2.28. The molecule has 0 aliphatic carbocycles. The van der Waals surface area contributed by atoms with Crippen molar-refractivity contribution in [3.8, 4) is 0 Å². The quantitative estimate of drug-likeness (QED) is 0.744. The van der Waals surface area contributed by atoms with Gasteiger partial charge < -0.3 is 10.6 Å². The Kier molecular flexibility index (Phi) is 4.97. The standard InChI is InChI=1S/C14H24N2/c1-10-8-11(2)13(4)14(12(10)3)9-16-7-6-15-5/h8,15-16H,6-7,9H2,1-5H3. The molecular weight excluding hydrogens is 196 g/mol. The summed E-state index contributed by atoms with van der Waals surface area (Å²) in [7, 11) is 1.98. The molecule has 90 valence electrons. The lowest BCUT2D eigenvalue weighted by molar-refractivity contribution is 0.647. The molecule has 0 aliphatic heterocycles. The van der Waals surface area contributed by atoms with E-state index < -0.39 is 0 Å². The number of nitrogens with one attached hydrogen (secondary N) is 2. The highest BCUT2D eigenvalue weighted by atomic mass is 14.9. The van der Waals surface area contributed by atoms with Crippen molar-refractivity contribution >= 4 is 0 Å². The highest BCUT2D eigenvalue weighted by Crippen LogP contribution is 2.21. The molecule has 0 aromatic heterocycles. The first-order chi connectivity index (χ1) is 7.57. The van der Waals surface area contributed by atoms with Gasteiger partial charge in [0.2, 0.25) is 0 Å². The van der Waals surface area contributed by atoms with Crippen LogP contribution in [0.3, 0.4) is 0 Å². The molecule has 2 nitrogen and oxygen atoms in total. The molecule has 0 saturated carbocycles. The molecule has 0 amide bonds. The summed E-state index contributed by atoms with van der Waals surface area (Å²) in [5, 5.41) is 6.62. The zero-order valence-corrected chi connectivity index (χ0v) is 11.2. The zero-order chi connectivity index (χ0) is 12.1. The summed E-state index contributed by atoms with van der Waals surface area (Å²) in [5.74, 6) is 0. The maximum Gasteiger partial charge on any atom is 0.0211 e. The van der Waals surface area contributed by atoms with E-state index in [0.717, 1.165) is 19.6 Å². The van der Waals surface area contributed by atoms with Crippen LogP contribution in [0.4, 0.5) is 0 Å². The summed E-state index contributed by atoms with van der Waals surface area (Å²) in [6.07, 6.45) is 0. The number of likely N-dealkylation sites (N-methyl/N-ethyl adjacent to an activating group) is 1. The molecule has 2 heteroatoms. The van der Waals surface area contributed by atoms with Crippen molar-refractivity contribution in [1.29, 1.82) is 0 Å². The van der Waals surface area contributed by atoms with Crippen molar-refractivity contribution in [2.45, 2.75) is 34.2 Å². The largest absolute Gasteiger partial charge is 0.318 e. The Labute approximate surface area is 99.5 Å². The SMILES string of the molecule is CNCCNCc1c(C)c(C)cc(C)c1C. The monoisotopic (exact) mass is 220 g/mol. The molecule has 0 heterocycles. The molecule has 1 aromatic rings. The van der Waals surface area contributed by atoms with E-state index in [0.29, 0.717) is 0 Å². The predicted molar refractivity (Wildman–Crippen MR) is 71.0 cm³/mol. The average Bonchev–Trinajstić information content (AvgIpc) is 2.25. The summed E-state index contributed by atoms with van der Waals surface area (Å²) >= 11 is 0. The first-order valence-corrected chi connectivity index (χ1v) is 5.99. The fourth-order valence-corrected chi connectivity index (χ4v) is 1.99. The first kappa shape index (κ1) is 13.2. The molecule has 0 unspecified atom stereocenters. The van der Waals surface area contributed by atoms with Crippen molar-refractivity contribution in [3.63, 3.8) is 0 Å². The van der Waals surface area contributed by atoms with E-state index in [1.807, 2.05) is 7.05 Å². The third-order valence-corrected chi connectivity index (χ3v) is 3.37. The fraction of sp³-hybridized carbons (Fsp3) is 0.571. The first-order valence-electron chi connectivity index (χ1n) is 5.99. The number of aryl methyl sites for hydroxylation is 2. The van der Waals surface area contributed by atoms with Crippen LogP contribution in [0.5, 0.6) is 0 Å². The minimum atomic E-state index is 0.974. The van der Waals surface area contributed by atoms with Gasteiger partial charge in [-0.15, -0.1) is 0 Å². The molecule has 1 rings (SSSR count). The lowest BCUT2D eigenvalue weighted by Gasteiger charge is -2.15. The van der Waals surface area contributed by atoms with Gasteiger partial charge in [-0.25, -0.2) is 0 Å².